The molecule has 1 atom stereocenters. The van der Waals surface area contributed by atoms with Crippen molar-refractivity contribution >= 4 is 16.7 Å². The van der Waals surface area contributed by atoms with Gasteiger partial charge in [0, 0.05) is 16.5 Å². The number of benzene rings is 3. The van der Waals surface area contributed by atoms with Crippen LogP contribution in [0.3, 0.4) is 0 Å². The molecule has 30 heavy (non-hydrogen) atoms. The molecule has 4 N–H and O–H groups in total. The van der Waals surface area contributed by atoms with E-state index in [0.717, 1.165) is 5.56 Å². The molecule has 1 heterocycles. The number of hydrogen-bond acceptors (Lipinski definition) is 5. The molecular formula is C23H17FN2O4. The molecule has 0 amide bonds. The number of ether oxygens (including phenoxy) is 1. The molecule has 0 aliphatic heterocycles. The van der Waals surface area contributed by atoms with Gasteiger partial charge in [-0.15, -0.1) is 0 Å². The van der Waals surface area contributed by atoms with Crippen LogP contribution in [0.15, 0.2) is 72.8 Å². The van der Waals surface area contributed by atoms with Gasteiger partial charge < -0.3 is 14.9 Å². The minimum absolute atomic E-state index is 0.0273. The van der Waals surface area contributed by atoms with E-state index in [4.69, 9.17) is 15.6 Å². The van der Waals surface area contributed by atoms with Crippen molar-refractivity contribution in [1.82, 2.24) is 4.98 Å². The maximum atomic E-state index is 13.5. The third kappa shape index (κ3) is 3.66. The van der Waals surface area contributed by atoms with Crippen LogP contribution in [-0.4, -0.2) is 27.4 Å². The second-order valence-corrected chi connectivity index (χ2v) is 6.62. The van der Waals surface area contributed by atoms with E-state index >= 15 is 0 Å². The summed E-state index contributed by atoms with van der Waals surface area (Å²) < 4.78 is 18.9. The highest BCUT2D eigenvalue weighted by molar-refractivity contribution is 6.05. The summed E-state index contributed by atoms with van der Waals surface area (Å²) in [4.78, 5) is 15.8. The number of nitrogens with zero attached hydrogens (tertiary/aromatic N) is 1. The summed E-state index contributed by atoms with van der Waals surface area (Å²) in [5.41, 5.74) is 8.21. The molecule has 3 aromatic carbocycles. The van der Waals surface area contributed by atoms with Gasteiger partial charge in [-0.3, -0.25) is 5.73 Å². The largest absolute Gasteiger partial charge is 0.508 e. The first-order valence-electron chi connectivity index (χ1n) is 9.07. The number of fused-ring (bicyclic) bond motifs is 1. The van der Waals surface area contributed by atoms with Gasteiger partial charge in [-0.05, 0) is 41.3 Å². The number of phenols is 1. The lowest BCUT2D eigenvalue weighted by Gasteiger charge is -2.18. The smallest absolute Gasteiger partial charge is 0.360 e. The molecule has 1 aromatic heterocycles. The predicted molar refractivity (Wildman–Crippen MR) is 110 cm³/mol. The number of aromatic hydroxyl groups is 1. The second-order valence-electron chi connectivity index (χ2n) is 6.62. The molecule has 0 bridgehead atoms. The normalized spacial score (nSPS) is 11.9. The average molecular weight is 404 g/mol. The fourth-order valence-electron chi connectivity index (χ4n) is 3.25. The highest BCUT2D eigenvalue weighted by atomic mass is 19.1. The van der Waals surface area contributed by atoms with Crippen molar-refractivity contribution in [1.29, 1.82) is 0 Å². The predicted octanol–water partition coefficient (Wildman–Crippen LogP) is 4.16. The van der Waals surface area contributed by atoms with Crippen molar-refractivity contribution in [2.24, 2.45) is 5.73 Å². The fourth-order valence-corrected chi connectivity index (χ4v) is 3.25. The first kappa shape index (κ1) is 19.4. The molecule has 0 saturated heterocycles. The van der Waals surface area contributed by atoms with E-state index in [1.54, 1.807) is 18.2 Å². The molecule has 0 radical (unpaired) electrons. The monoisotopic (exact) mass is 404 g/mol. The van der Waals surface area contributed by atoms with E-state index in [0.29, 0.717) is 27.6 Å². The standard InChI is InChI=1S/C23H17FN2O4/c24-15-8-6-13(7-9-15)19-17-11-10-16(27)12-18(17)22(30-21(25)23(28)29)26-20(19)14-4-2-1-3-5-14/h1-12,21,27H,25H2,(H,28,29)/t21-/m1/s1. The van der Waals surface area contributed by atoms with Crippen molar-refractivity contribution in [3.8, 4) is 34.0 Å². The maximum absolute atomic E-state index is 13.5. The van der Waals surface area contributed by atoms with Crippen LogP contribution in [0.25, 0.3) is 33.2 Å². The summed E-state index contributed by atoms with van der Waals surface area (Å²) in [6, 6.07) is 19.8. The number of carbonyl (C=O) groups is 1. The van der Waals surface area contributed by atoms with Crippen molar-refractivity contribution in [2.75, 3.05) is 0 Å². The summed E-state index contributed by atoms with van der Waals surface area (Å²) in [7, 11) is 0. The average Bonchev–Trinajstić information content (AvgIpc) is 2.75. The number of aromatic nitrogens is 1. The highest BCUT2D eigenvalue weighted by Crippen LogP contribution is 2.41. The minimum Gasteiger partial charge on any atom is -0.508 e. The summed E-state index contributed by atoms with van der Waals surface area (Å²) in [5.74, 6) is -1.80. The van der Waals surface area contributed by atoms with Gasteiger partial charge in [-0.2, -0.15) is 0 Å². The van der Waals surface area contributed by atoms with Gasteiger partial charge in [-0.25, -0.2) is 14.2 Å². The van der Waals surface area contributed by atoms with Gasteiger partial charge in [0.2, 0.25) is 12.1 Å². The summed E-state index contributed by atoms with van der Waals surface area (Å²) in [6.07, 6.45) is -1.64. The topological polar surface area (TPSA) is 106 Å². The van der Waals surface area contributed by atoms with Crippen molar-refractivity contribution in [3.05, 3.63) is 78.6 Å². The molecule has 6 nitrogen and oxygen atoms in total. The summed E-state index contributed by atoms with van der Waals surface area (Å²) >= 11 is 0. The quantitative estimate of drug-likeness (QED) is 0.431. The Kier molecular flexibility index (Phi) is 5.04. The van der Waals surface area contributed by atoms with Crippen LogP contribution in [0, 0.1) is 5.82 Å². The second kappa shape index (κ2) is 7.81. The number of carboxylic acids is 1. The Morgan fingerprint density at radius 1 is 0.967 bits per heavy atom. The van der Waals surface area contributed by atoms with Crippen LogP contribution in [0.5, 0.6) is 11.6 Å². The molecule has 0 spiro atoms. The van der Waals surface area contributed by atoms with E-state index in [2.05, 4.69) is 4.98 Å². The number of pyridine rings is 1. The third-order valence-electron chi connectivity index (χ3n) is 4.62. The molecule has 0 fully saturated rings. The van der Waals surface area contributed by atoms with E-state index < -0.39 is 12.2 Å². The number of nitrogens with two attached hydrogens (primary N) is 1. The lowest BCUT2D eigenvalue weighted by molar-refractivity contribution is -0.144. The Morgan fingerprint density at radius 3 is 2.33 bits per heavy atom. The van der Waals surface area contributed by atoms with Gasteiger partial charge in [0.15, 0.2) is 0 Å². The first-order chi connectivity index (χ1) is 14.4. The molecule has 4 rings (SSSR count). The zero-order valence-electron chi connectivity index (χ0n) is 15.6. The Balaban J connectivity index is 2.07. The Hall–Kier alpha value is -3.97. The van der Waals surface area contributed by atoms with Crippen LogP contribution < -0.4 is 10.5 Å². The summed E-state index contributed by atoms with van der Waals surface area (Å²) in [6.45, 7) is 0. The number of hydrogen-bond donors (Lipinski definition) is 3. The van der Waals surface area contributed by atoms with Gasteiger partial charge in [0.05, 0.1) is 5.69 Å². The van der Waals surface area contributed by atoms with Crippen LogP contribution in [0.4, 0.5) is 4.39 Å². The van der Waals surface area contributed by atoms with Gasteiger partial charge in [0.1, 0.15) is 11.6 Å². The molecule has 0 aliphatic rings. The highest BCUT2D eigenvalue weighted by Gasteiger charge is 2.22. The first-order valence-corrected chi connectivity index (χ1v) is 9.07. The SMILES string of the molecule is N[C@H](Oc1nc(-c2ccccc2)c(-c2ccc(F)cc2)c2ccc(O)cc12)C(=O)O. The van der Waals surface area contributed by atoms with Crippen molar-refractivity contribution in [3.63, 3.8) is 0 Å². The lowest BCUT2D eigenvalue weighted by Crippen LogP contribution is -2.36. The molecule has 0 unspecified atom stereocenters. The van der Waals surface area contributed by atoms with Gasteiger partial charge in [-0.1, -0.05) is 42.5 Å². The van der Waals surface area contributed by atoms with Crippen LogP contribution in [-0.2, 0) is 4.79 Å². The summed E-state index contributed by atoms with van der Waals surface area (Å²) in [5, 5.41) is 20.2. The van der Waals surface area contributed by atoms with E-state index in [1.165, 1.54) is 24.3 Å². The van der Waals surface area contributed by atoms with Crippen LogP contribution in [0.2, 0.25) is 0 Å². The number of phenolic OH excluding ortho intramolecular Hbond substituents is 1. The fraction of sp³-hybridized carbons (Fsp3) is 0.0435. The molecule has 0 aliphatic carbocycles. The van der Waals surface area contributed by atoms with Gasteiger partial charge >= 0.3 is 5.97 Å². The maximum Gasteiger partial charge on any atom is 0.360 e. The number of aliphatic carboxylic acids is 1. The zero-order chi connectivity index (χ0) is 21.3. The van der Waals surface area contributed by atoms with Crippen molar-refractivity contribution in [2.45, 2.75) is 6.23 Å². The third-order valence-corrected chi connectivity index (χ3v) is 4.62. The van der Waals surface area contributed by atoms with E-state index in [-0.39, 0.29) is 17.4 Å². The Bertz CT molecular complexity index is 1230. The number of halogens is 1. The van der Waals surface area contributed by atoms with Gasteiger partial charge in [0.25, 0.3) is 0 Å². The molecule has 7 heteroatoms. The number of carboxylic acid groups (broad SMARTS) is 1. The Labute approximate surface area is 171 Å². The zero-order valence-corrected chi connectivity index (χ0v) is 15.6. The molecular weight excluding hydrogens is 387 g/mol. The van der Waals surface area contributed by atoms with Crippen molar-refractivity contribution < 1.29 is 24.1 Å². The van der Waals surface area contributed by atoms with E-state index in [1.807, 2.05) is 30.3 Å². The van der Waals surface area contributed by atoms with E-state index in [9.17, 15) is 14.3 Å². The van der Waals surface area contributed by atoms with Crippen LogP contribution >= 0.6 is 0 Å². The molecule has 150 valence electrons. The Morgan fingerprint density at radius 2 is 1.67 bits per heavy atom. The van der Waals surface area contributed by atoms with Crippen LogP contribution in [0.1, 0.15) is 0 Å². The lowest BCUT2D eigenvalue weighted by atomic mass is 9.94. The minimum atomic E-state index is -1.64. The molecule has 4 aromatic rings. The molecule has 0 saturated carbocycles. The number of rotatable bonds is 5.